The highest BCUT2D eigenvalue weighted by Gasteiger charge is 2.08. The van der Waals surface area contributed by atoms with Gasteiger partial charge in [0, 0.05) is 17.9 Å². The van der Waals surface area contributed by atoms with Crippen LogP contribution >= 0.6 is 0 Å². The zero-order valence-corrected chi connectivity index (χ0v) is 11.2. The zero-order valence-electron chi connectivity index (χ0n) is 11.2. The van der Waals surface area contributed by atoms with Gasteiger partial charge in [-0.25, -0.2) is 4.39 Å². The Labute approximate surface area is 113 Å². The molecule has 0 aliphatic heterocycles. The molecule has 1 atom stereocenters. The maximum atomic E-state index is 13.3. The molecule has 2 nitrogen and oxygen atoms in total. The molecule has 0 saturated carbocycles. The maximum absolute atomic E-state index is 13.3. The summed E-state index contributed by atoms with van der Waals surface area (Å²) in [6.45, 7) is 4.50. The monoisotopic (exact) mass is 259 g/mol. The van der Waals surface area contributed by atoms with Gasteiger partial charge in [-0.3, -0.25) is 0 Å². The van der Waals surface area contributed by atoms with Gasteiger partial charge in [-0.1, -0.05) is 18.2 Å². The normalized spacial score (nSPS) is 12.2. The molecule has 0 radical (unpaired) electrons. The Kier molecular flexibility index (Phi) is 4.17. The molecule has 100 valence electrons. The third kappa shape index (κ3) is 3.12. The molecule has 0 fully saturated rings. The number of benzene rings is 2. The van der Waals surface area contributed by atoms with Gasteiger partial charge in [0.05, 0.1) is 6.10 Å². The van der Waals surface area contributed by atoms with Gasteiger partial charge in [0.1, 0.15) is 5.82 Å². The van der Waals surface area contributed by atoms with Crippen molar-refractivity contribution >= 4 is 11.4 Å². The van der Waals surface area contributed by atoms with Gasteiger partial charge < -0.3 is 10.0 Å². The predicted molar refractivity (Wildman–Crippen MR) is 76.2 cm³/mol. The van der Waals surface area contributed by atoms with E-state index >= 15 is 0 Å². The van der Waals surface area contributed by atoms with Crippen molar-refractivity contribution in [3.8, 4) is 0 Å². The van der Waals surface area contributed by atoms with E-state index in [1.54, 1.807) is 13.0 Å². The van der Waals surface area contributed by atoms with Crippen molar-refractivity contribution in [2.75, 3.05) is 11.4 Å². The molecular formula is C16H18FNO. The van der Waals surface area contributed by atoms with E-state index in [4.69, 9.17) is 0 Å². The molecule has 2 rings (SSSR count). The number of hydrogen-bond acceptors (Lipinski definition) is 2. The number of nitrogens with zero attached hydrogens (tertiary/aromatic N) is 1. The second-order valence-electron chi connectivity index (χ2n) is 4.49. The molecule has 0 aliphatic rings. The lowest BCUT2D eigenvalue weighted by Crippen LogP contribution is -2.16. The van der Waals surface area contributed by atoms with E-state index in [-0.39, 0.29) is 5.82 Å². The highest BCUT2D eigenvalue weighted by molar-refractivity contribution is 5.63. The third-order valence-corrected chi connectivity index (χ3v) is 3.12. The Morgan fingerprint density at radius 2 is 1.79 bits per heavy atom. The molecule has 3 heteroatoms. The lowest BCUT2D eigenvalue weighted by molar-refractivity contribution is 0.199. The highest BCUT2D eigenvalue weighted by Crippen LogP contribution is 2.26. The summed E-state index contributed by atoms with van der Waals surface area (Å²) in [5.74, 6) is -0.239. The largest absolute Gasteiger partial charge is 0.389 e. The average molecular weight is 259 g/mol. The summed E-state index contributed by atoms with van der Waals surface area (Å²) >= 11 is 0. The molecule has 1 unspecified atom stereocenters. The maximum Gasteiger partial charge on any atom is 0.125 e. The molecule has 1 N–H and O–H groups in total. The molecule has 0 saturated heterocycles. The Balaban J connectivity index is 2.31. The number of halogens is 1. The van der Waals surface area contributed by atoms with Crippen molar-refractivity contribution in [3.05, 3.63) is 59.9 Å². The SMILES string of the molecule is CCN(c1ccc(C(C)O)cc1)c1cccc(F)c1. The van der Waals surface area contributed by atoms with Crippen molar-refractivity contribution in [3.63, 3.8) is 0 Å². The summed E-state index contributed by atoms with van der Waals surface area (Å²) in [5, 5.41) is 9.50. The van der Waals surface area contributed by atoms with Crippen LogP contribution in [0.4, 0.5) is 15.8 Å². The van der Waals surface area contributed by atoms with Gasteiger partial charge in [-0.05, 0) is 49.7 Å². The van der Waals surface area contributed by atoms with E-state index in [2.05, 4.69) is 0 Å². The lowest BCUT2D eigenvalue weighted by Gasteiger charge is -2.23. The molecule has 2 aromatic carbocycles. The Bertz CT molecular complexity index is 537. The van der Waals surface area contributed by atoms with Crippen LogP contribution in [0.3, 0.4) is 0 Å². The van der Waals surface area contributed by atoms with E-state index in [1.165, 1.54) is 12.1 Å². The van der Waals surface area contributed by atoms with Crippen molar-refractivity contribution in [2.45, 2.75) is 20.0 Å². The first-order valence-corrected chi connectivity index (χ1v) is 6.43. The average Bonchev–Trinajstić information content (AvgIpc) is 2.40. The fourth-order valence-electron chi connectivity index (χ4n) is 2.09. The first-order valence-electron chi connectivity index (χ1n) is 6.43. The van der Waals surface area contributed by atoms with Crippen LogP contribution in [0, 0.1) is 5.82 Å². The topological polar surface area (TPSA) is 23.5 Å². The number of aliphatic hydroxyl groups is 1. The minimum absolute atomic E-state index is 0.239. The quantitative estimate of drug-likeness (QED) is 0.895. The van der Waals surface area contributed by atoms with Crippen molar-refractivity contribution in [2.24, 2.45) is 0 Å². The number of aliphatic hydroxyl groups excluding tert-OH is 1. The summed E-state index contributed by atoms with van der Waals surface area (Å²) in [6.07, 6.45) is -0.474. The molecule has 0 heterocycles. The molecule has 2 aromatic rings. The van der Waals surface area contributed by atoms with Gasteiger partial charge in [0.15, 0.2) is 0 Å². The van der Waals surface area contributed by atoms with Crippen LogP contribution in [0.2, 0.25) is 0 Å². The van der Waals surface area contributed by atoms with Crippen LogP contribution in [-0.4, -0.2) is 11.7 Å². The van der Waals surface area contributed by atoms with Gasteiger partial charge in [0.25, 0.3) is 0 Å². The second-order valence-corrected chi connectivity index (χ2v) is 4.49. The first kappa shape index (κ1) is 13.6. The van der Waals surface area contributed by atoms with E-state index in [1.807, 2.05) is 42.2 Å². The molecule has 0 spiro atoms. The minimum atomic E-state index is -0.474. The van der Waals surface area contributed by atoms with E-state index in [0.29, 0.717) is 0 Å². The third-order valence-electron chi connectivity index (χ3n) is 3.12. The standard InChI is InChI=1S/C16H18FNO/c1-3-18(16-6-4-5-14(17)11-16)15-9-7-13(8-10-15)12(2)19/h4-12,19H,3H2,1-2H3. The van der Waals surface area contributed by atoms with Crippen LogP contribution in [0.15, 0.2) is 48.5 Å². The van der Waals surface area contributed by atoms with E-state index in [9.17, 15) is 9.50 Å². The minimum Gasteiger partial charge on any atom is -0.389 e. The first-order chi connectivity index (χ1) is 9.11. The number of rotatable bonds is 4. The Morgan fingerprint density at radius 1 is 1.11 bits per heavy atom. The smallest absolute Gasteiger partial charge is 0.125 e. The summed E-state index contributed by atoms with van der Waals surface area (Å²) in [6, 6.07) is 14.2. The molecule has 19 heavy (non-hydrogen) atoms. The van der Waals surface area contributed by atoms with Gasteiger partial charge >= 0.3 is 0 Å². The van der Waals surface area contributed by atoms with Gasteiger partial charge in [-0.2, -0.15) is 0 Å². The van der Waals surface area contributed by atoms with Gasteiger partial charge in [-0.15, -0.1) is 0 Å². The van der Waals surface area contributed by atoms with Crippen molar-refractivity contribution < 1.29 is 9.50 Å². The number of anilines is 2. The number of hydrogen-bond donors (Lipinski definition) is 1. The lowest BCUT2D eigenvalue weighted by atomic mass is 10.1. The summed E-state index contributed by atoms with van der Waals surface area (Å²) in [5.41, 5.74) is 2.68. The fourth-order valence-corrected chi connectivity index (χ4v) is 2.09. The highest BCUT2D eigenvalue weighted by atomic mass is 19.1. The zero-order chi connectivity index (χ0) is 13.8. The van der Waals surface area contributed by atoms with Crippen LogP contribution in [0.1, 0.15) is 25.5 Å². The van der Waals surface area contributed by atoms with Crippen LogP contribution < -0.4 is 4.90 Å². The Hall–Kier alpha value is -1.87. The second kappa shape index (κ2) is 5.85. The summed E-state index contributed by atoms with van der Waals surface area (Å²) < 4.78 is 13.3. The summed E-state index contributed by atoms with van der Waals surface area (Å²) in [4.78, 5) is 2.02. The molecule has 0 aromatic heterocycles. The summed E-state index contributed by atoms with van der Waals surface area (Å²) in [7, 11) is 0. The predicted octanol–water partition coefficient (Wildman–Crippen LogP) is 4.04. The van der Waals surface area contributed by atoms with Crippen molar-refractivity contribution in [1.29, 1.82) is 0 Å². The van der Waals surface area contributed by atoms with E-state index in [0.717, 1.165) is 23.5 Å². The molecule has 0 bridgehead atoms. The fraction of sp³-hybridized carbons (Fsp3) is 0.250. The Morgan fingerprint density at radius 3 is 2.32 bits per heavy atom. The molecular weight excluding hydrogens is 241 g/mol. The van der Waals surface area contributed by atoms with E-state index < -0.39 is 6.10 Å². The molecule has 0 amide bonds. The van der Waals surface area contributed by atoms with Crippen LogP contribution in [0.5, 0.6) is 0 Å². The molecule has 0 aliphatic carbocycles. The van der Waals surface area contributed by atoms with Crippen LogP contribution in [-0.2, 0) is 0 Å². The van der Waals surface area contributed by atoms with Crippen LogP contribution in [0.25, 0.3) is 0 Å². The van der Waals surface area contributed by atoms with Gasteiger partial charge in [0.2, 0.25) is 0 Å². The van der Waals surface area contributed by atoms with Crippen molar-refractivity contribution in [1.82, 2.24) is 0 Å².